The predicted molar refractivity (Wildman–Crippen MR) is 59.7 cm³/mol. The van der Waals surface area contributed by atoms with Crippen molar-refractivity contribution in [1.29, 1.82) is 0 Å². The van der Waals surface area contributed by atoms with Gasteiger partial charge in [0, 0.05) is 5.69 Å². The Hall–Kier alpha value is -0.660. The van der Waals surface area contributed by atoms with Gasteiger partial charge in [-0.15, -0.1) is 0 Å². The van der Waals surface area contributed by atoms with Gasteiger partial charge in [-0.25, -0.2) is 0 Å². The van der Waals surface area contributed by atoms with Crippen LogP contribution in [0, 0.1) is 3.57 Å². The minimum atomic E-state index is -4.36. The van der Waals surface area contributed by atoms with Gasteiger partial charge in [-0.1, -0.05) is 0 Å². The average molecular weight is 331 g/mol. The smallest absolute Gasteiger partial charge is 0.425 e. The van der Waals surface area contributed by atoms with Crippen LogP contribution < -0.4 is 10.5 Å². The first-order chi connectivity index (χ1) is 6.80. The first-order valence-corrected chi connectivity index (χ1v) is 5.17. The van der Waals surface area contributed by atoms with E-state index >= 15 is 0 Å². The highest BCUT2D eigenvalue weighted by atomic mass is 127. The van der Waals surface area contributed by atoms with Gasteiger partial charge in [0.15, 0.2) is 6.10 Å². The molecule has 1 unspecified atom stereocenters. The van der Waals surface area contributed by atoms with Gasteiger partial charge in [0.1, 0.15) is 5.75 Å². The average Bonchev–Trinajstić information content (AvgIpc) is 2.08. The molecule has 1 atom stereocenters. The normalized spacial score (nSPS) is 13.7. The van der Waals surface area contributed by atoms with Gasteiger partial charge >= 0.3 is 6.18 Å². The van der Waals surface area contributed by atoms with Crippen molar-refractivity contribution in [1.82, 2.24) is 0 Å². The fourth-order valence-electron chi connectivity index (χ4n) is 0.870. The van der Waals surface area contributed by atoms with Crippen molar-refractivity contribution in [3.8, 4) is 5.75 Å². The van der Waals surface area contributed by atoms with Gasteiger partial charge in [0.05, 0.1) is 3.57 Å². The Balaban J connectivity index is 2.82. The van der Waals surface area contributed by atoms with Crippen molar-refractivity contribution < 1.29 is 17.9 Å². The van der Waals surface area contributed by atoms with E-state index in [0.717, 1.165) is 6.92 Å². The van der Waals surface area contributed by atoms with Gasteiger partial charge in [-0.3, -0.25) is 0 Å². The Morgan fingerprint density at radius 2 is 2.00 bits per heavy atom. The summed E-state index contributed by atoms with van der Waals surface area (Å²) in [7, 11) is 0. The second-order valence-electron chi connectivity index (χ2n) is 2.99. The Labute approximate surface area is 98.7 Å². The van der Waals surface area contributed by atoms with E-state index in [0.29, 0.717) is 9.26 Å². The maximum atomic E-state index is 12.2. The van der Waals surface area contributed by atoms with Crippen molar-refractivity contribution >= 4 is 28.3 Å². The van der Waals surface area contributed by atoms with Gasteiger partial charge in [0.2, 0.25) is 0 Å². The number of hydrogen-bond acceptors (Lipinski definition) is 2. The van der Waals surface area contributed by atoms with Gasteiger partial charge < -0.3 is 10.5 Å². The highest BCUT2D eigenvalue weighted by Crippen LogP contribution is 2.28. The van der Waals surface area contributed by atoms with E-state index < -0.39 is 12.3 Å². The molecule has 0 saturated heterocycles. The number of halogens is 4. The van der Waals surface area contributed by atoms with E-state index in [-0.39, 0.29) is 5.75 Å². The van der Waals surface area contributed by atoms with Gasteiger partial charge in [-0.2, -0.15) is 13.2 Å². The Morgan fingerprint density at radius 1 is 1.40 bits per heavy atom. The molecule has 0 fully saturated rings. The molecule has 0 aliphatic heterocycles. The minimum Gasteiger partial charge on any atom is -0.480 e. The zero-order valence-electron chi connectivity index (χ0n) is 7.81. The van der Waals surface area contributed by atoms with Crippen LogP contribution in [-0.2, 0) is 0 Å². The maximum Gasteiger partial charge on any atom is 0.425 e. The highest BCUT2D eigenvalue weighted by molar-refractivity contribution is 14.1. The predicted octanol–water partition coefficient (Wildman–Crippen LogP) is 3.20. The fourth-order valence-corrected chi connectivity index (χ4v) is 1.54. The van der Waals surface area contributed by atoms with Crippen LogP contribution in [0.25, 0.3) is 0 Å². The summed E-state index contributed by atoms with van der Waals surface area (Å²) in [6.45, 7) is 0.965. The maximum absolute atomic E-state index is 12.2. The topological polar surface area (TPSA) is 35.2 Å². The van der Waals surface area contributed by atoms with E-state index in [1.807, 2.05) is 22.6 Å². The molecule has 0 heterocycles. The molecule has 84 valence electrons. The van der Waals surface area contributed by atoms with Crippen molar-refractivity contribution in [2.75, 3.05) is 5.73 Å². The number of alkyl halides is 3. The summed E-state index contributed by atoms with van der Waals surface area (Å²) in [6, 6.07) is 4.49. The van der Waals surface area contributed by atoms with E-state index in [1.165, 1.54) is 12.1 Å². The van der Waals surface area contributed by atoms with Crippen molar-refractivity contribution in [3.63, 3.8) is 0 Å². The van der Waals surface area contributed by atoms with E-state index in [9.17, 15) is 13.2 Å². The lowest BCUT2D eigenvalue weighted by Gasteiger charge is -2.18. The summed E-state index contributed by atoms with van der Waals surface area (Å²) >= 11 is 1.88. The molecule has 0 amide bonds. The van der Waals surface area contributed by atoms with Crippen LogP contribution in [0.2, 0.25) is 0 Å². The van der Waals surface area contributed by atoms with Crippen molar-refractivity contribution in [2.45, 2.75) is 19.2 Å². The molecule has 0 aliphatic carbocycles. The van der Waals surface area contributed by atoms with Crippen LogP contribution in [0.5, 0.6) is 5.75 Å². The van der Waals surface area contributed by atoms with Crippen LogP contribution in [0.4, 0.5) is 18.9 Å². The van der Waals surface area contributed by atoms with E-state index in [2.05, 4.69) is 0 Å². The molecule has 1 aromatic carbocycles. The van der Waals surface area contributed by atoms with Crippen molar-refractivity contribution in [2.24, 2.45) is 0 Å². The number of hydrogen-bond donors (Lipinski definition) is 1. The number of nitrogen functional groups attached to an aromatic ring is 1. The van der Waals surface area contributed by atoms with E-state index in [4.69, 9.17) is 10.5 Å². The van der Waals surface area contributed by atoms with E-state index in [1.54, 1.807) is 6.07 Å². The number of nitrogens with two attached hydrogens (primary N) is 1. The molecule has 2 nitrogen and oxygen atoms in total. The number of benzene rings is 1. The van der Waals surface area contributed by atoms with Crippen LogP contribution in [0.3, 0.4) is 0 Å². The number of ether oxygens (including phenoxy) is 1. The first kappa shape index (κ1) is 12.4. The SMILES string of the molecule is CC(Oc1ccc(N)cc1I)C(F)(F)F. The third-order valence-corrected chi connectivity index (χ3v) is 2.56. The lowest BCUT2D eigenvalue weighted by atomic mass is 10.3. The molecule has 0 aromatic heterocycles. The molecule has 0 saturated carbocycles. The summed E-state index contributed by atoms with van der Waals surface area (Å²) in [4.78, 5) is 0. The molecule has 6 heteroatoms. The molecule has 0 radical (unpaired) electrons. The first-order valence-electron chi connectivity index (χ1n) is 4.09. The summed E-state index contributed by atoms with van der Waals surface area (Å²) in [5.41, 5.74) is 5.95. The second kappa shape index (κ2) is 4.46. The summed E-state index contributed by atoms with van der Waals surface area (Å²) in [5.74, 6) is 0.189. The highest BCUT2D eigenvalue weighted by Gasteiger charge is 2.38. The van der Waals surface area contributed by atoms with Crippen LogP contribution in [0.1, 0.15) is 6.92 Å². The summed E-state index contributed by atoms with van der Waals surface area (Å²) in [6.07, 6.45) is -6.18. The largest absolute Gasteiger partial charge is 0.480 e. The lowest BCUT2D eigenvalue weighted by molar-refractivity contribution is -0.189. The monoisotopic (exact) mass is 331 g/mol. The van der Waals surface area contributed by atoms with Gasteiger partial charge in [0.25, 0.3) is 0 Å². The van der Waals surface area contributed by atoms with Crippen molar-refractivity contribution in [3.05, 3.63) is 21.8 Å². The van der Waals surface area contributed by atoms with Crippen LogP contribution >= 0.6 is 22.6 Å². The van der Waals surface area contributed by atoms with Crippen LogP contribution in [-0.4, -0.2) is 12.3 Å². The lowest BCUT2D eigenvalue weighted by Crippen LogP contribution is -2.31. The summed E-state index contributed by atoms with van der Waals surface area (Å²) in [5, 5.41) is 0. The molecule has 2 N–H and O–H groups in total. The Kier molecular flexibility index (Phi) is 3.69. The second-order valence-corrected chi connectivity index (χ2v) is 4.15. The van der Waals surface area contributed by atoms with Gasteiger partial charge in [-0.05, 0) is 47.7 Å². The zero-order chi connectivity index (χ0) is 11.6. The fraction of sp³-hybridized carbons (Fsp3) is 0.333. The molecule has 0 spiro atoms. The summed E-state index contributed by atoms with van der Waals surface area (Å²) < 4.78 is 41.9. The Bertz CT molecular complexity index is 354. The molecule has 0 aliphatic rings. The molecule has 1 rings (SSSR count). The quantitative estimate of drug-likeness (QED) is 0.667. The third kappa shape index (κ3) is 3.44. The molecule has 0 bridgehead atoms. The zero-order valence-corrected chi connectivity index (χ0v) is 9.96. The molecule has 1 aromatic rings. The van der Waals surface area contributed by atoms with Crippen LogP contribution in [0.15, 0.2) is 18.2 Å². The molecular weight excluding hydrogens is 322 g/mol. The Morgan fingerprint density at radius 3 is 2.47 bits per heavy atom. The standard InChI is InChI=1S/C9H9F3INO/c1-5(9(10,11)12)15-8-3-2-6(14)4-7(8)13/h2-5H,14H2,1H3. The molecule has 15 heavy (non-hydrogen) atoms. The number of anilines is 1. The minimum absolute atomic E-state index is 0.189. The third-order valence-electron chi connectivity index (χ3n) is 1.72. The number of rotatable bonds is 2. The molecular formula is C9H9F3INO.